The molecule has 3 rings (SSSR count). The number of carbonyl (C=O) groups excluding carboxylic acids is 1. The molecule has 186 valence electrons. The predicted molar refractivity (Wildman–Crippen MR) is 130 cm³/mol. The Morgan fingerprint density at radius 1 is 1.03 bits per heavy atom. The number of hydrogen-bond acceptors (Lipinski definition) is 6. The summed E-state index contributed by atoms with van der Waals surface area (Å²) in [6, 6.07) is 12.5. The number of hydrogen-bond donors (Lipinski definition) is 0. The van der Waals surface area contributed by atoms with E-state index < -0.39 is 10.0 Å². The summed E-state index contributed by atoms with van der Waals surface area (Å²) in [4.78, 5) is 14.9. The van der Waals surface area contributed by atoms with Gasteiger partial charge in [-0.3, -0.25) is 4.79 Å². The second-order valence-corrected chi connectivity index (χ2v) is 9.92. The number of methoxy groups -OCH3 is 1. The molecular formula is C25H34N2O6S. The highest BCUT2D eigenvalue weighted by Crippen LogP contribution is 2.28. The number of benzene rings is 2. The molecule has 1 amide bonds. The van der Waals surface area contributed by atoms with Crippen LogP contribution in [0.5, 0.6) is 11.5 Å². The Hall–Kier alpha value is -2.62. The largest absolute Gasteiger partial charge is 0.493 e. The van der Waals surface area contributed by atoms with E-state index in [-0.39, 0.29) is 10.8 Å². The first-order chi connectivity index (χ1) is 16.4. The monoisotopic (exact) mass is 490 g/mol. The molecule has 1 heterocycles. The minimum absolute atomic E-state index is 0.0420. The molecule has 0 bridgehead atoms. The molecule has 8 nitrogen and oxygen atoms in total. The molecule has 34 heavy (non-hydrogen) atoms. The number of morpholine rings is 1. The van der Waals surface area contributed by atoms with E-state index in [9.17, 15) is 13.2 Å². The van der Waals surface area contributed by atoms with Gasteiger partial charge in [0.25, 0.3) is 0 Å². The standard InChI is InChI=1S/C25H34N2O6S/c1-4-26(19-21-8-12-23(33-5-2)24(18-21)31-3)25(28)13-9-20-6-10-22(11-7-20)34(29,30)27-14-16-32-17-15-27/h6-8,10-12,18H,4-5,9,13-17,19H2,1-3H3. The van der Waals surface area contributed by atoms with E-state index in [1.807, 2.05) is 32.0 Å². The number of sulfonamides is 1. The van der Waals surface area contributed by atoms with Crippen molar-refractivity contribution < 1.29 is 27.4 Å². The molecule has 2 aromatic rings. The van der Waals surface area contributed by atoms with Crippen molar-refractivity contribution in [2.45, 2.75) is 38.1 Å². The third-order valence-electron chi connectivity index (χ3n) is 5.79. The molecule has 0 N–H and O–H groups in total. The number of rotatable bonds is 11. The molecule has 0 unspecified atom stereocenters. The summed E-state index contributed by atoms with van der Waals surface area (Å²) in [6.45, 7) is 7.05. The SMILES string of the molecule is CCOc1ccc(CN(CC)C(=O)CCc2ccc(S(=O)(=O)N3CCOCC3)cc2)cc1OC. The van der Waals surface area contributed by atoms with Crippen LogP contribution in [0.4, 0.5) is 0 Å². The Morgan fingerprint density at radius 2 is 1.71 bits per heavy atom. The van der Waals surface area contributed by atoms with E-state index in [1.54, 1.807) is 36.3 Å². The van der Waals surface area contributed by atoms with Crippen LogP contribution in [0.25, 0.3) is 0 Å². The summed E-state index contributed by atoms with van der Waals surface area (Å²) < 4.78 is 43.2. The molecule has 1 aliphatic rings. The van der Waals surface area contributed by atoms with Crippen LogP contribution < -0.4 is 9.47 Å². The van der Waals surface area contributed by atoms with Crippen molar-refractivity contribution in [1.29, 1.82) is 0 Å². The zero-order chi connectivity index (χ0) is 24.6. The maximum Gasteiger partial charge on any atom is 0.243 e. The van der Waals surface area contributed by atoms with Gasteiger partial charge in [0.1, 0.15) is 0 Å². The smallest absolute Gasteiger partial charge is 0.243 e. The van der Waals surface area contributed by atoms with Crippen LogP contribution >= 0.6 is 0 Å². The average Bonchev–Trinajstić information content (AvgIpc) is 2.87. The molecule has 0 radical (unpaired) electrons. The second-order valence-electron chi connectivity index (χ2n) is 7.99. The van der Waals surface area contributed by atoms with Gasteiger partial charge in [0.2, 0.25) is 15.9 Å². The summed E-state index contributed by atoms with van der Waals surface area (Å²) in [5.74, 6) is 1.37. The van der Waals surface area contributed by atoms with E-state index in [4.69, 9.17) is 14.2 Å². The number of carbonyl (C=O) groups is 1. The van der Waals surface area contributed by atoms with E-state index in [0.29, 0.717) is 70.3 Å². The lowest BCUT2D eigenvalue weighted by molar-refractivity contribution is -0.131. The molecule has 0 atom stereocenters. The Bertz CT molecular complexity index is 1050. The Balaban J connectivity index is 1.58. The van der Waals surface area contributed by atoms with Gasteiger partial charge >= 0.3 is 0 Å². The van der Waals surface area contributed by atoms with Crippen LogP contribution in [0, 0.1) is 0 Å². The van der Waals surface area contributed by atoms with Gasteiger partial charge in [-0.05, 0) is 55.7 Å². The summed E-state index contributed by atoms with van der Waals surface area (Å²) in [5.41, 5.74) is 1.89. The van der Waals surface area contributed by atoms with Crippen molar-refractivity contribution in [3.63, 3.8) is 0 Å². The van der Waals surface area contributed by atoms with Crippen LogP contribution in [-0.2, 0) is 32.5 Å². The average molecular weight is 491 g/mol. The highest BCUT2D eigenvalue weighted by atomic mass is 32.2. The fourth-order valence-electron chi connectivity index (χ4n) is 3.86. The van der Waals surface area contributed by atoms with Gasteiger partial charge in [-0.25, -0.2) is 8.42 Å². The molecule has 1 aliphatic heterocycles. The Kier molecular flexibility index (Phi) is 9.32. The number of ether oxygens (including phenoxy) is 3. The van der Waals surface area contributed by atoms with Crippen molar-refractivity contribution >= 4 is 15.9 Å². The first kappa shape index (κ1) is 26.0. The number of nitrogens with zero attached hydrogens (tertiary/aromatic N) is 2. The van der Waals surface area contributed by atoms with Gasteiger partial charge in [0, 0.05) is 32.6 Å². The summed E-state index contributed by atoms with van der Waals surface area (Å²) >= 11 is 0. The van der Waals surface area contributed by atoms with E-state index in [2.05, 4.69) is 0 Å². The lowest BCUT2D eigenvalue weighted by atomic mass is 10.1. The van der Waals surface area contributed by atoms with Crippen molar-refractivity contribution in [2.75, 3.05) is 46.6 Å². The van der Waals surface area contributed by atoms with Gasteiger partial charge in [-0.15, -0.1) is 0 Å². The van der Waals surface area contributed by atoms with Crippen molar-refractivity contribution in [3.05, 3.63) is 53.6 Å². The van der Waals surface area contributed by atoms with Crippen molar-refractivity contribution in [3.8, 4) is 11.5 Å². The van der Waals surface area contributed by atoms with Crippen molar-refractivity contribution in [1.82, 2.24) is 9.21 Å². The molecule has 0 saturated carbocycles. The summed E-state index contributed by atoms with van der Waals surface area (Å²) in [7, 11) is -1.92. The van der Waals surface area contributed by atoms with Crippen LogP contribution in [-0.4, -0.2) is 70.1 Å². The third kappa shape index (κ3) is 6.49. The highest BCUT2D eigenvalue weighted by Gasteiger charge is 2.26. The molecule has 9 heteroatoms. The van der Waals surface area contributed by atoms with Gasteiger partial charge in [-0.2, -0.15) is 4.31 Å². The second kappa shape index (κ2) is 12.2. The fourth-order valence-corrected chi connectivity index (χ4v) is 5.26. The molecule has 0 aliphatic carbocycles. The van der Waals surface area contributed by atoms with Crippen LogP contribution in [0.1, 0.15) is 31.4 Å². The topological polar surface area (TPSA) is 85.4 Å². The van der Waals surface area contributed by atoms with Crippen LogP contribution in [0.15, 0.2) is 47.4 Å². The van der Waals surface area contributed by atoms with Gasteiger partial charge in [0.05, 0.1) is 31.8 Å². The predicted octanol–water partition coefficient (Wildman–Crippen LogP) is 3.10. The van der Waals surface area contributed by atoms with Crippen LogP contribution in [0.2, 0.25) is 0 Å². The first-order valence-corrected chi connectivity index (χ1v) is 13.1. The van der Waals surface area contributed by atoms with Crippen LogP contribution in [0.3, 0.4) is 0 Å². The lowest BCUT2D eigenvalue weighted by Gasteiger charge is -2.26. The number of aryl methyl sites for hydroxylation is 1. The maximum atomic E-state index is 12.9. The minimum Gasteiger partial charge on any atom is -0.493 e. The summed E-state index contributed by atoms with van der Waals surface area (Å²) in [6.07, 6.45) is 0.886. The van der Waals surface area contributed by atoms with E-state index in [1.165, 1.54) is 4.31 Å². The first-order valence-electron chi connectivity index (χ1n) is 11.6. The number of amides is 1. The molecule has 1 fully saturated rings. The zero-order valence-corrected chi connectivity index (χ0v) is 21.0. The normalized spacial score (nSPS) is 14.6. The fraction of sp³-hybridized carbons (Fsp3) is 0.480. The van der Waals surface area contributed by atoms with E-state index in [0.717, 1.165) is 11.1 Å². The highest BCUT2D eigenvalue weighted by molar-refractivity contribution is 7.89. The van der Waals surface area contributed by atoms with E-state index >= 15 is 0 Å². The molecule has 0 spiro atoms. The van der Waals surface area contributed by atoms with Gasteiger partial charge in [-0.1, -0.05) is 18.2 Å². The molecular weight excluding hydrogens is 456 g/mol. The molecule has 1 saturated heterocycles. The lowest BCUT2D eigenvalue weighted by Crippen LogP contribution is -2.40. The minimum atomic E-state index is -3.52. The molecule has 0 aromatic heterocycles. The maximum absolute atomic E-state index is 12.9. The Morgan fingerprint density at radius 3 is 2.32 bits per heavy atom. The van der Waals surface area contributed by atoms with Gasteiger partial charge in [0.15, 0.2) is 11.5 Å². The summed E-state index contributed by atoms with van der Waals surface area (Å²) in [5, 5.41) is 0. The molecule has 2 aromatic carbocycles. The van der Waals surface area contributed by atoms with Crippen molar-refractivity contribution in [2.24, 2.45) is 0 Å². The Labute approximate surface area is 202 Å². The third-order valence-corrected chi connectivity index (χ3v) is 7.71. The quantitative estimate of drug-likeness (QED) is 0.481. The zero-order valence-electron chi connectivity index (χ0n) is 20.2. The van der Waals surface area contributed by atoms with Gasteiger partial charge < -0.3 is 19.1 Å².